The summed E-state index contributed by atoms with van der Waals surface area (Å²) < 4.78 is 5.19. The van der Waals surface area contributed by atoms with Crippen LogP contribution in [0.25, 0.3) is 0 Å². The fourth-order valence-electron chi connectivity index (χ4n) is 3.55. The first-order valence-electron chi connectivity index (χ1n) is 9.19. The summed E-state index contributed by atoms with van der Waals surface area (Å²) >= 11 is 0. The number of ether oxygens (including phenoxy) is 1. The molecule has 0 bridgehead atoms. The number of hydrogen-bond donors (Lipinski definition) is 1. The van der Waals surface area contributed by atoms with Crippen molar-refractivity contribution in [2.75, 3.05) is 51.8 Å². The van der Waals surface area contributed by atoms with Crippen LogP contribution in [0.1, 0.15) is 23.2 Å². The fourth-order valence-corrected chi connectivity index (χ4v) is 3.55. The van der Waals surface area contributed by atoms with Gasteiger partial charge in [-0.25, -0.2) is 4.79 Å². The van der Waals surface area contributed by atoms with Gasteiger partial charge in [-0.05, 0) is 57.2 Å². The molecule has 0 spiro atoms. The molecule has 8 nitrogen and oxygen atoms in total. The predicted octanol–water partition coefficient (Wildman–Crippen LogP) is 0.926. The van der Waals surface area contributed by atoms with Crippen LogP contribution in [0, 0.1) is 0 Å². The molecule has 1 aromatic rings. The Morgan fingerprint density at radius 1 is 1.22 bits per heavy atom. The Balaban J connectivity index is 1.73. The maximum Gasteiger partial charge on any atom is 0.329 e. The van der Waals surface area contributed by atoms with Crippen molar-refractivity contribution < 1.29 is 19.1 Å². The number of imide groups is 1. The van der Waals surface area contributed by atoms with Gasteiger partial charge in [0, 0.05) is 30.9 Å². The van der Waals surface area contributed by atoms with Crippen LogP contribution in [0.2, 0.25) is 0 Å². The number of nitrogens with zero attached hydrogens (tertiary/aromatic N) is 3. The smallest absolute Gasteiger partial charge is 0.329 e. The molecule has 2 saturated heterocycles. The molecule has 0 aliphatic carbocycles. The first-order valence-corrected chi connectivity index (χ1v) is 9.19. The minimum Gasteiger partial charge on any atom is -0.383 e. The number of likely N-dealkylation sites (tertiary alicyclic amines) is 1. The Kier molecular flexibility index (Phi) is 6.08. The van der Waals surface area contributed by atoms with Gasteiger partial charge in [-0.1, -0.05) is 0 Å². The summed E-state index contributed by atoms with van der Waals surface area (Å²) in [7, 11) is 3.73. The van der Waals surface area contributed by atoms with Crippen molar-refractivity contribution in [2.24, 2.45) is 0 Å². The van der Waals surface area contributed by atoms with E-state index in [0.29, 0.717) is 24.4 Å². The highest BCUT2D eigenvalue weighted by atomic mass is 16.5. The van der Waals surface area contributed by atoms with E-state index in [-0.39, 0.29) is 24.4 Å². The van der Waals surface area contributed by atoms with Gasteiger partial charge in [0.1, 0.15) is 6.54 Å². The molecule has 2 heterocycles. The summed E-state index contributed by atoms with van der Waals surface area (Å²) in [4.78, 5) is 41.7. The highest BCUT2D eigenvalue weighted by Crippen LogP contribution is 2.21. The molecule has 0 aromatic heterocycles. The second-order valence-electron chi connectivity index (χ2n) is 7.01. The minimum absolute atomic E-state index is 0.00167. The van der Waals surface area contributed by atoms with Gasteiger partial charge in [-0.2, -0.15) is 0 Å². The molecular formula is C19H26N4O4. The van der Waals surface area contributed by atoms with Crippen LogP contribution < -0.4 is 10.2 Å². The van der Waals surface area contributed by atoms with Gasteiger partial charge in [0.2, 0.25) is 5.91 Å². The van der Waals surface area contributed by atoms with E-state index in [9.17, 15) is 14.4 Å². The van der Waals surface area contributed by atoms with Crippen molar-refractivity contribution in [1.82, 2.24) is 15.1 Å². The molecule has 1 N–H and O–H groups in total. The summed E-state index contributed by atoms with van der Waals surface area (Å²) in [5.74, 6) is -0.358. The second kappa shape index (κ2) is 8.49. The molecule has 146 valence electrons. The third kappa shape index (κ3) is 4.45. The van der Waals surface area contributed by atoms with Crippen LogP contribution in [0.4, 0.5) is 10.5 Å². The largest absolute Gasteiger partial charge is 0.383 e. The number of methoxy groups -OCH3 is 1. The molecule has 0 saturated carbocycles. The van der Waals surface area contributed by atoms with Crippen LogP contribution in [0.5, 0.6) is 0 Å². The number of rotatable bonds is 6. The third-order valence-electron chi connectivity index (χ3n) is 5.15. The molecule has 0 unspecified atom stereocenters. The fraction of sp³-hybridized carbons (Fsp3) is 0.526. The highest BCUT2D eigenvalue weighted by Gasteiger charge is 2.29. The van der Waals surface area contributed by atoms with Crippen molar-refractivity contribution in [3.63, 3.8) is 0 Å². The van der Waals surface area contributed by atoms with Gasteiger partial charge in [-0.15, -0.1) is 0 Å². The van der Waals surface area contributed by atoms with E-state index < -0.39 is 6.03 Å². The number of urea groups is 1. The third-order valence-corrected chi connectivity index (χ3v) is 5.15. The molecule has 2 fully saturated rings. The first kappa shape index (κ1) is 19.3. The van der Waals surface area contributed by atoms with Crippen LogP contribution in [0.15, 0.2) is 24.3 Å². The van der Waals surface area contributed by atoms with E-state index >= 15 is 0 Å². The van der Waals surface area contributed by atoms with Crippen LogP contribution in [-0.4, -0.2) is 80.6 Å². The normalized spacial score (nSPS) is 18.7. The number of carbonyl (C=O) groups excluding carboxylic acids is 3. The maximum absolute atomic E-state index is 13.1. The molecule has 27 heavy (non-hydrogen) atoms. The summed E-state index contributed by atoms with van der Waals surface area (Å²) in [6.07, 6.45) is 1.89. The summed E-state index contributed by atoms with van der Waals surface area (Å²) in [5, 5.41) is 2.25. The molecule has 2 aliphatic rings. The monoisotopic (exact) mass is 374 g/mol. The van der Waals surface area contributed by atoms with Gasteiger partial charge in [-0.3, -0.25) is 19.8 Å². The van der Waals surface area contributed by atoms with Gasteiger partial charge >= 0.3 is 6.03 Å². The van der Waals surface area contributed by atoms with E-state index in [1.165, 1.54) is 4.90 Å². The summed E-state index contributed by atoms with van der Waals surface area (Å²) in [6, 6.07) is 6.59. The number of carbonyl (C=O) groups is 3. The molecule has 2 aliphatic heterocycles. The second-order valence-corrected chi connectivity index (χ2v) is 7.01. The van der Waals surface area contributed by atoms with Crippen molar-refractivity contribution in [3.05, 3.63) is 29.8 Å². The lowest BCUT2D eigenvalue weighted by Gasteiger charge is -2.37. The highest BCUT2D eigenvalue weighted by molar-refractivity contribution is 6.12. The number of benzene rings is 1. The Labute approximate surface area is 159 Å². The molecule has 8 heteroatoms. The van der Waals surface area contributed by atoms with Crippen molar-refractivity contribution in [1.29, 1.82) is 0 Å². The SMILES string of the molecule is COCCN(C(=O)c1ccc(N2CC(=O)NC2=O)cc1)C1CCN(C)CC1. The average Bonchev–Trinajstić information content (AvgIpc) is 3.01. The number of piperidine rings is 1. The van der Waals surface area contributed by atoms with E-state index in [1.807, 2.05) is 4.90 Å². The molecule has 3 rings (SSSR count). The number of nitrogens with one attached hydrogen (secondary N) is 1. The Morgan fingerprint density at radius 3 is 2.44 bits per heavy atom. The van der Waals surface area contributed by atoms with Crippen LogP contribution in [0.3, 0.4) is 0 Å². The number of amides is 4. The Hall–Kier alpha value is -2.45. The van der Waals surface area contributed by atoms with Crippen molar-refractivity contribution in [2.45, 2.75) is 18.9 Å². The lowest BCUT2D eigenvalue weighted by Crippen LogP contribution is -2.47. The molecule has 0 atom stereocenters. The Bertz CT molecular complexity index is 698. The molecule has 0 radical (unpaired) electrons. The van der Waals surface area contributed by atoms with Crippen LogP contribution in [-0.2, 0) is 9.53 Å². The van der Waals surface area contributed by atoms with E-state index in [0.717, 1.165) is 25.9 Å². The predicted molar refractivity (Wildman–Crippen MR) is 101 cm³/mol. The van der Waals surface area contributed by atoms with Crippen molar-refractivity contribution in [3.8, 4) is 0 Å². The van der Waals surface area contributed by atoms with Gasteiger partial charge < -0.3 is 14.5 Å². The minimum atomic E-state index is -0.438. The van der Waals surface area contributed by atoms with E-state index in [1.54, 1.807) is 31.4 Å². The van der Waals surface area contributed by atoms with Gasteiger partial charge in [0.25, 0.3) is 5.91 Å². The average molecular weight is 374 g/mol. The quantitative estimate of drug-likeness (QED) is 0.749. The zero-order valence-corrected chi connectivity index (χ0v) is 15.8. The van der Waals surface area contributed by atoms with E-state index in [2.05, 4.69) is 17.3 Å². The topological polar surface area (TPSA) is 82.2 Å². The first-order chi connectivity index (χ1) is 13.0. The summed E-state index contributed by atoms with van der Waals surface area (Å²) in [6.45, 7) is 2.99. The zero-order valence-electron chi connectivity index (χ0n) is 15.8. The van der Waals surface area contributed by atoms with Gasteiger partial charge in [0.05, 0.1) is 6.61 Å². The lowest BCUT2D eigenvalue weighted by atomic mass is 10.0. The van der Waals surface area contributed by atoms with E-state index in [4.69, 9.17) is 4.74 Å². The molecule has 1 aromatic carbocycles. The number of hydrogen-bond acceptors (Lipinski definition) is 5. The number of anilines is 1. The Morgan fingerprint density at radius 2 is 1.89 bits per heavy atom. The van der Waals surface area contributed by atoms with Gasteiger partial charge in [0.15, 0.2) is 0 Å². The molecule has 4 amide bonds. The molecular weight excluding hydrogens is 348 g/mol. The summed E-state index contributed by atoms with van der Waals surface area (Å²) in [5.41, 5.74) is 1.16. The standard InChI is InChI=1S/C19H26N4O4/c1-21-9-7-16(8-10-21)22(11-12-27-2)18(25)14-3-5-15(6-4-14)23-13-17(24)20-19(23)26/h3-6,16H,7-13H2,1-2H3,(H,20,24,26). The van der Waals surface area contributed by atoms with Crippen LogP contribution >= 0.6 is 0 Å². The maximum atomic E-state index is 13.1. The zero-order chi connectivity index (χ0) is 19.4. The van der Waals surface area contributed by atoms with Crippen molar-refractivity contribution >= 4 is 23.5 Å². The lowest BCUT2D eigenvalue weighted by molar-refractivity contribution is -0.117.